The van der Waals surface area contributed by atoms with Crippen molar-refractivity contribution in [2.45, 2.75) is 46.0 Å². The second-order valence-corrected chi connectivity index (χ2v) is 5.85. The van der Waals surface area contributed by atoms with Crippen LogP contribution in [0.1, 0.15) is 44.7 Å². The molecule has 1 saturated carbocycles. The van der Waals surface area contributed by atoms with Gasteiger partial charge in [0.15, 0.2) is 0 Å². The van der Waals surface area contributed by atoms with E-state index in [2.05, 4.69) is 22.2 Å². The summed E-state index contributed by atoms with van der Waals surface area (Å²) >= 11 is 5.83. The zero-order chi connectivity index (χ0) is 13.0. The molecule has 4 heteroatoms. The highest BCUT2D eigenvalue weighted by Gasteiger charge is 2.18. The van der Waals surface area contributed by atoms with Crippen molar-refractivity contribution in [2.24, 2.45) is 11.8 Å². The Morgan fingerprint density at radius 3 is 2.94 bits per heavy atom. The van der Waals surface area contributed by atoms with Gasteiger partial charge in [-0.05, 0) is 43.2 Å². The van der Waals surface area contributed by atoms with Gasteiger partial charge in [-0.1, -0.05) is 26.2 Å². The quantitative estimate of drug-likeness (QED) is 0.836. The second kappa shape index (κ2) is 6.37. The van der Waals surface area contributed by atoms with Gasteiger partial charge < -0.3 is 5.32 Å². The molecular formula is C14H22ClN3. The number of hydrogen-bond acceptors (Lipinski definition) is 3. The third-order valence-electron chi connectivity index (χ3n) is 3.73. The van der Waals surface area contributed by atoms with Crippen LogP contribution in [0.4, 0.5) is 5.82 Å². The van der Waals surface area contributed by atoms with Gasteiger partial charge in [0.25, 0.3) is 0 Å². The summed E-state index contributed by atoms with van der Waals surface area (Å²) in [4.78, 5) is 8.23. The molecule has 0 radical (unpaired) electrons. The van der Waals surface area contributed by atoms with Crippen LogP contribution in [0.3, 0.4) is 0 Å². The first-order valence-corrected chi connectivity index (χ1v) is 7.26. The lowest BCUT2D eigenvalue weighted by Crippen LogP contribution is -2.17. The average Bonchev–Trinajstić information content (AvgIpc) is 2.27. The molecule has 1 aliphatic carbocycles. The molecule has 2 unspecified atom stereocenters. The van der Waals surface area contributed by atoms with Gasteiger partial charge in [-0.25, -0.2) is 9.97 Å². The van der Waals surface area contributed by atoms with Crippen LogP contribution in [0.15, 0.2) is 6.07 Å². The van der Waals surface area contributed by atoms with Crippen LogP contribution in [0.25, 0.3) is 0 Å². The van der Waals surface area contributed by atoms with E-state index in [1.165, 1.54) is 32.1 Å². The van der Waals surface area contributed by atoms with Crippen molar-refractivity contribution in [3.63, 3.8) is 0 Å². The third-order valence-corrected chi connectivity index (χ3v) is 3.90. The minimum absolute atomic E-state index is 0.323. The Morgan fingerprint density at radius 1 is 1.39 bits per heavy atom. The van der Waals surface area contributed by atoms with Crippen LogP contribution < -0.4 is 5.32 Å². The van der Waals surface area contributed by atoms with E-state index in [1.807, 2.05) is 13.0 Å². The maximum Gasteiger partial charge on any atom is 0.224 e. The molecule has 0 aromatic carbocycles. The maximum atomic E-state index is 5.83. The Morgan fingerprint density at radius 2 is 2.22 bits per heavy atom. The van der Waals surface area contributed by atoms with Crippen LogP contribution >= 0.6 is 11.6 Å². The molecule has 0 aliphatic heterocycles. The molecule has 18 heavy (non-hydrogen) atoms. The minimum Gasteiger partial charge on any atom is -0.370 e. The summed E-state index contributed by atoms with van der Waals surface area (Å²) in [5, 5.41) is 3.68. The fourth-order valence-corrected chi connectivity index (χ4v) is 3.07. The largest absolute Gasteiger partial charge is 0.370 e. The molecule has 100 valence electrons. The van der Waals surface area contributed by atoms with Crippen molar-refractivity contribution < 1.29 is 0 Å². The number of hydrogen-bond donors (Lipinski definition) is 1. The van der Waals surface area contributed by atoms with E-state index in [1.54, 1.807) is 0 Å². The lowest BCUT2D eigenvalue weighted by atomic mass is 9.81. The molecule has 1 N–H and O–H groups in total. The first kappa shape index (κ1) is 13.6. The zero-order valence-electron chi connectivity index (χ0n) is 11.2. The number of nitrogens with one attached hydrogen (secondary N) is 1. The van der Waals surface area contributed by atoms with Gasteiger partial charge in [0.2, 0.25) is 5.28 Å². The van der Waals surface area contributed by atoms with Crippen molar-refractivity contribution in [1.29, 1.82) is 0 Å². The molecule has 0 amide bonds. The van der Waals surface area contributed by atoms with Crippen LogP contribution in [-0.2, 0) is 0 Å². The number of aromatic nitrogens is 2. The van der Waals surface area contributed by atoms with E-state index in [0.29, 0.717) is 5.28 Å². The summed E-state index contributed by atoms with van der Waals surface area (Å²) in [5.41, 5.74) is 0.906. The van der Waals surface area contributed by atoms with Crippen molar-refractivity contribution >= 4 is 17.4 Å². The molecule has 2 rings (SSSR count). The van der Waals surface area contributed by atoms with Gasteiger partial charge in [-0.3, -0.25) is 0 Å². The van der Waals surface area contributed by atoms with E-state index >= 15 is 0 Å². The van der Waals surface area contributed by atoms with E-state index in [0.717, 1.165) is 29.9 Å². The molecule has 1 aliphatic rings. The van der Waals surface area contributed by atoms with Crippen LogP contribution in [0.2, 0.25) is 5.28 Å². The number of aryl methyl sites for hydroxylation is 1. The molecule has 1 aromatic heterocycles. The third kappa shape index (κ3) is 4.13. The zero-order valence-corrected chi connectivity index (χ0v) is 12.0. The van der Waals surface area contributed by atoms with Gasteiger partial charge in [-0.15, -0.1) is 0 Å². The lowest BCUT2D eigenvalue weighted by Gasteiger charge is -2.26. The van der Waals surface area contributed by atoms with Crippen LogP contribution in [-0.4, -0.2) is 16.5 Å². The highest BCUT2D eigenvalue weighted by molar-refractivity contribution is 6.28. The lowest BCUT2D eigenvalue weighted by molar-refractivity contribution is 0.274. The Kier molecular flexibility index (Phi) is 4.81. The molecule has 3 nitrogen and oxygen atoms in total. The van der Waals surface area contributed by atoms with Crippen molar-refractivity contribution in [1.82, 2.24) is 9.97 Å². The van der Waals surface area contributed by atoms with Crippen molar-refractivity contribution in [3.05, 3.63) is 17.0 Å². The molecular weight excluding hydrogens is 246 g/mol. The molecule has 1 aromatic rings. The van der Waals surface area contributed by atoms with E-state index in [-0.39, 0.29) is 0 Å². The van der Waals surface area contributed by atoms with Gasteiger partial charge in [-0.2, -0.15) is 0 Å². The topological polar surface area (TPSA) is 37.8 Å². The molecule has 1 fully saturated rings. The summed E-state index contributed by atoms with van der Waals surface area (Å²) in [6.45, 7) is 5.28. The van der Waals surface area contributed by atoms with Crippen LogP contribution in [0, 0.1) is 18.8 Å². The number of rotatable bonds is 4. The normalized spacial score (nSPS) is 23.9. The summed E-state index contributed by atoms with van der Waals surface area (Å²) in [6.07, 6.45) is 6.79. The minimum atomic E-state index is 0.323. The van der Waals surface area contributed by atoms with Crippen molar-refractivity contribution in [2.75, 3.05) is 11.9 Å². The number of anilines is 1. The summed E-state index contributed by atoms with van der Waals surface area (Å²) < 4.78 is 0. The fraction of sp³-hybridized carbons (Fsp3) is 0.714. The highest BCUT2D eigenvalue weighted by Crippen LogP contribution is 2.30. The standard InChI is InChI=1S/C14H22ClN3/c1-10-4-3-5-12(8-10)6-7-16-13-9-11(2)17-14(15)18-13/h9-10,12H,3-8H2,1-2H3,(H,16,17,18). The second-order valence-electron chi connectivity index (χ2n) is 5.52. The van der Waals surface area contributed by atoms with E-state index in [9.17, 15) is 0 Å². The van der Waals surface area contributed by atoms with Gasteiger partial charge in [0, 0.05) is 18.3 Å². The maximum absolute atomic E-state index is 5.83. The summed E-state index contributed by atoms with van der Waals surface area (Å²) in [7, 11) is 0. The smallest absolute Gasteiger partial charge is 0.224 e. The fourth-order valence-electron chi connectivity index (χ4n) is 2.85. The van der Waals surface area contributed by atoms with Gasteiger partial charge >= 0.3 is 0 Å². The monoisotopic (exact) mass is 267 g/mol. The summed E-state index contributed by atoms with van der Waals surface area (Å²) in [5.74, 6) is 2.62. The first-order chi connectivity index (χ1) is 8.63. The molecule has 1 heterocycles. The average molecular weight is 268 g/mol. The van der Waals surface area contributed by atoms with Gasteiger partial charge in [0.05, 0.1) is 0 Å². The molecule has 2 atom stereocenters. The highest BCUT2D eigenvalue weighted by atomic mass is 35.5. The number of nitrogens with zero attached hydrogens (tertiary/aromatic N) is 2. The van der Waals surface area contributed by atoms with Gasteiger partial charge in [0.1, 0.15) is 5.82 Å². The SMILES string of the molecule is Cc1cc(NCCC2CCCC(C)C2)nc(Cl)n1. The Bertz CT molecular complexity index is 374. The molecule has 0 bridgehead atoms. The van der Waals surface area contributed by atoms with Crippen LogP contribution in [0.5, 0.6) is 0 Å². The van der Waals surface area contributed by atoms with E-state index in [4.69, 9.17) is 11.6 Å². The molecule has 0 saturated heterocycles. The predicted molar refractivity (Wildman–Crippen MR) is 76.0 cm³/mol. The van der Waals surface area contributed by atoms with Crippen molar-refractivity contribution in [3.8, 4) is 0 Å². The summed E-state index contributed by atoms with van der Waals surface area (Å²) in [6, 6.07) is 1.94. The Balaban J connectivity index is 1.77. The Labute approximate surface area is 114 Å². The van der Waals surface area contributed by atoms with E-state index < -0.39 is 0 Å². The predicted octanol–water partition coefficient (Wildman–Crippen LogP) is 4.07. The molecule has 0 spiro atoms. The number of halogens is 1. The first-order valence-electron chi connectivity index (χ1n) is 6.88. The Hall–Kier alpha value is -0.830.